The lowest BCUT2D eigenvalue weighted by Crippen LogP contribution is -2.49. The Morgan fingerprint density at radius 1 is 0.862 bits per heavy atom. The maximum absolute atomic E-state index is 12.9. The van der Waals surface area contributed by atoms with Gasteiger partial charge in [-0.05, 0) is 35.9 Å². The SMILES string of the molecule is N#CC(c1ccc2c(c1)OCO2)N1CCN(C(=O)c2ccc3c(c2)OCO3)CC1. The zero-order valence-electron chi connectivity index (χ0n) is 15.7. The Balaban J connectivity index is 1.26. The van der Waals surface area contributed by atoms with Gasteiger partial charge in [-0.25, -0.2) is 0 Å². The highest BCUT2D eigenvalue weighted by Crippen LogP contribution is 2.36. The van der Waals surface area contributed by atoms with Gasteiger partial charge in [-0.2, -0.15) is 5.26 Å². The molecule has 0 N–H and O–H groups in total. The number of piperazine rings is 1. The van der Waals surface area contributed by atoms with Gasteiger partial charge in [0.25, 0.3) is 5.91 Å². The molecule has 0 bridgehead atoms. The van der Waals surface area contributed by atoms with E-state index in [2.05, 4.69) is 11.0 Å². The first-order valence-electron chi connectivity index (χ1n) is 9.45. The molecule has 2 aromatic rings. The molecule has 148 valence electrons. The van der Waals surface area contributed by atoms with Crippen molar-refractivity contribution in [2.45, 2.75) is 6.04 Å². The lowest BCUT2D eigenvalue weighted by molar-refractivity contribution is 0.0606. The molecule has 1 saturated heterocycles. The van der Waals surface area contributed by atoms with Crippen LogP contribution in [-0.4, -0.2) is 55.5 Å². The van der Waals surface area contributed by atoms with Gasteiger partial charge in [0.2, 0.25) is 13.6 Å². The molecule has 2 aromatic carbocycles. The third-order valence-corrected chi connectivity index (χ3v) is 5.42. The van der Waals surface area contributed by atoms with Crippen molar-refractivity contribution in [3.8, 4) is 29.1 Å². The first-order chi connectivity index (χ1) is 14.2. The number of fused-ring (bicyclic) bond motifs is 2. The van der Waals surface area contributed by atoms with Gasteiger partial charge in [-0.1, -0.05) is 6.07 Å². The molecule has 1 atom stereocenters. The summed E-state index contributed by atoms with van der Waals surface area (Å²) < 4.78 is 21.4. The van der Waals surface area contributed by atoms with Crippen LogP contribution in [0.25, 0.3) is 0 Å². The van der Waals surface area contributed by atoms with Gasteiger partial charge in [0, 0.05) is 31.7 Å². The van der Waals surface area contributed by atoms with Crippen LogP contribution in [0.2, 0.25) is 0 Å². The minimum Gasteiger partial charge on any atom is -0.454 e. The third kappa shape index (κ3) is 3.19. The monoisotopic (exact) mass is 393 g/mol. The number of carbonyl (C=O) groups excluding carboxylic acids is 1. The van der Waals surface area contributed by atoms with Crippen LogP contribution in [0.1, 0.15) is 22.0 Å². The first-order valence-corrected chi connectivity index (χ1v) is 9.45. The van der Waals surface area contributed by atoms with Crippen LogP contribution < -0.4 is 18.9 Å². The molecule has 0 aliphatic carbocycles. The largest absolute Gasteiger partial charge is 0.454 e. The van der Waals surface area contributed by atoms with E-state index in [1.807, 2.05) is 23.1 Å². The molecule has 1 unspecified atom stereocenters. The van der Waals surface area contributed by atoms with Crippen LogP contribution >= 0.6 is 0 Å². The second-order valence-corrected chi connectivity index (χ2v) is 7.04. The summed E-state index contributed by atoms with van der Waals surface area (Å²) in [5.74, 6) is 2.58. The first kappa shape index (κ1) is 17.6. The van der Waals surface area contributed by atoms with E-state index in [-0.39, 0.29) is 19.5 Å². The molecule has 8 nitrogen and oxygen atoms in total. The molecule has 5 rings (SSSR count). The standard InChI is InChI=1S/C21H19N3O5/c22-11-16(14-1-3-17-19(9-14)28-12-26-17)23-5-7-24(8-6-23)21(25)15-2-4-18-20(10-15)29-13-27-18/h1-4,9-10,16H,5-8,12-13H2. The maximum Gasteiger partial charge on any atom is 0.254 e. The second-order valence-electron chi connectivity index (χ2n) is 7.04. The van der Waals surface area contributed by atoms with Crippen molar-refractivity contribution < 1.29 is 23.7 Å². The smallest absolute Gasteiger partial charge is 0.254 e. The molecule has 3 heterocycles. The number of ether oxygens (including phenoxy) is 4. The van der Waals surface area contributed by atoms with Crippen molar-refractivity contribution in [2.24, 2.45) is 0 Å². The number of hydrogen-bond acceptors (Lipinski definition) is 7. The lowest BCUT2D eigenvalue weighted by Gasteiger charge is -2.37. The molecule has 0 radical (unpaired) electrons. The highest BCUT2D eigenvalue weighted by molar-refractivity contribution is 5.95. The van der Waals surface area contributed by atoms with Gasteiger partial charge in [0.1, 0.15) is 6.04 Å². The summed E-state index contributed by atoms with van der Waals surface area (Å²) in [6, 6.07) is 12.8. The van der Waals surface area contributed by atoms with Crippen molar-refractivity contribution in [2.75, 3.05) is 39.8 Å². The predicted octanol–water partition coefficient (Wildman–Crippen LogP) is 2.17. The van der Waals surface area contributed by atoms with E-state index in [1.54, 1.807) is 18.2 Å². The zero-order valence-corrected chi connectivity index (χ0v) is 15.7. The van der Waals surface area contributed by atoms with Gasteiger partial charge in [-0.3, -0.25) is 9.69 Å². The van der Waals surface area contributed by atoms with Crippen LogP contribution in [0.5, 0.6) is 23.0 Å². The summed E-state index contributed by atoms with van der Waals surface area (Å²) >= 11 is 0. The average Bonchev–Trinajstić information content (AvgIpc) is 3.42. The van der Waals surface area contributed by atoms with Crippen molar-refractivity contribution in [1.29, 1.82) is 5.26 Å². The molecular formula is C21H19N3O5. The van der Waals surface area contributed by atoms with Crippen molar-refractivity contribution in [1.82, 2.24) is 9.80 Å². The van der Waals surface area contributed by atoms with E-state index >= 15 is 0 Å². The minimum absolute atomic E-state index is 0.0421. The Hall–Kier alpha value is -3.44. The summed E-state index contributed by atoms with van der Waals surface area (Å²) in [7, 11) is 0. The highest BCUT2D eigenvalue weighted by Gasteiger charge is 2.29. The summed E-state index contributed by atoms with van der Waals surface area (Å²) in [5, 5.41) is 9.75. The summed E-state index contributed by atoms with van der Waals surface area (Å²) in [6.45, 7) is 2.72. The third-order valence-electron chi connectivity index (χ3n) is 5.42. The number of rotatable bonds is 3. The Labute approximate surface area is 167 Å². The normalized spacial score (nSPS) is 18.4. The van der Waals surface area contributed by atoms with Gasteiger partial charge in [-0.15, -0.1) is 0 Å². The molecule has 1 amide bonds. The second kappa shape index (κ2) is 7.18. The van der Waals surface area contributed by atoms with Crippen LogP contribution in [0.3, 0.4) is 0 Å². The van der Waals surface area contributed by atoms with Crippen LogP contribution in [-0.2, 0) is 0 Å². The molecule has 29 heavy (non-hydrogen) atoms. The highest BCUT2D eigenvalue weighted by atomic mass is 16.7. The van der Waals surface area contributed by atoms with E-state index in [0.29, 0.717) is 54.7 Å². The number of amides is 1. The van der Waals surface area contributed by atoms with Gasteiger partial charge in [0.15, 0.2) is 23.0 Å². The average molecular weight is 393 g/mol. The Bertz CT molecular complexity index is 994. The number of nitriles is 1. The number of carbonyl (C=O) groups is 1. The molecule has 1 fully saturated rings. The quantitative estimate of drug-likeness (QED) is 0.790. The zero-order chi connectivity index (χ0) is 19.8. The lowest BCUT2D eigenvalue weighted by atomic mass is 10.0. The Kier molecular flexibility index (Phi) is 4.37. The molecule has 0 aromatic heterocycles. The number of benzene rings is 2. The topological polar surface area (TPSA) is 84.3 Å². The fourth-order valence-corrected chi connectivity index (χ4v) is 3.85. The van der Waals surface area contributed by atoms with Gasteiger partial charge >= 0.3 is 0 Å². The molecule has 8 heteroatoms. The van der Waals surface area contributed by atoms with E-state index < -0.39 is 6.04 Å². The van der Waals surface area contributed by atoms with E-state index in [0.717, 1.165) is 5.56 Å². The molecule has 3 aliphatic heterocycles. The van der Waals surface area contributed by atoms with Crippen LogP contribution in [0.15, 0.2) is 36.4 Å². The molecule has 0 saturated carbocycles. The Morgan fingerprint density at radius 2 is 1.48 bits per heavy atom. The van der Waals surface area contributed by atoms with Gasteiger partial charge < -0.3 is 23.8 Å². The van der Waals surface area contributed by atoms with Crippen molar-refractivity contribution in [3.05, 3.63) is 47.5 Å². The summed E-state index contributed by atoms with van der Waals surface area (Å²) in [5.41, 5.74) is 1.45. The van der Waals surface area contributed by atoms with E-state index in [1.165, 1.54) is 0 Å². The molecule has 3 aliphatic rings. The van der Waals surface area contributed by atoms with Crippen LogP contribution in [0.4, 0.5) is 0 Å². The minimum atomic E-state index is -0.396. The number of nitrogens with zero attached hydrogens (tertiary/aromatic N) is 3. The predicted molar refractivity (Wildman–Crippen MR) is 101 cm³/mol. The van der Waals surface area contributed by atoms with E-state index in [4.69, 9.17) is 18.9 Å². The molecule has 0 spiro atoms. The summed E-state index contributed by atoms with van der Waals surface area (Å²) in [4.78, 5) is 16.8. The molecular weight excluding hydrogens is 374 g/mol. The fraction of sp³-hybridized carbons (Fsp3) is 0.333. The fourth-order valence-electron chi connectivity index (χ4n) is 3.85. The number of hydrogen-bond donors (Lipinski definition) is 0. The van der Waals surface area contributed by atoms with Crippen LogP contribution in [0, 0.1) is 11.3 Å². The van der Waals surface area contributed by atoms with Gasteiger partial charge in [0.05, 0.1) is 6.07 Å². The van der Waals surface area contributed by atoms with Crippen molar-refractivity contribution in [3.63, 3.8) is 0 Å². The maximum atomic E-state index is 12.9. The van der Waals surface area contributed by atoms with Crippen molar-refractivity contribution >= 4 is 5.91 Å². The Morgan fingerprint density at radius 3 is 2.17 bits per heavy atom. The van der Waals surface area contributed by atoms with E-state index in [9.17, 15) is 10.1 Å². The summed E-state index contributed by atoms with van der Waals surface area (Å²) in [6.07, 6.45) is 0.